The smallest absolute Gasteiger partial charge is 0.348 e. The van der Waals surface area contributed by atoms with Crippen molar-refractivity contribution in [1.82, 2.24) is 9.97 Å². The summed E-state index contributed by atoms with van der Waals surface area (Å²) in [5.74, 6) is -0.00560. The number of benzene rings is 2. The molecule has 0 fully saturated rings. The Morgan fingerprint density at radius 3 is 2.58 bits per heavy atom. The molecule has 2 N–H and O–H groups in total. The fraction of sp³-hybridized carbons (Fsp3) is 0.150. The first-order chi connectivity index (χ1) is 12.5. The Kier molecular flexibility index (Phi) is 4.05. The molecule has 0 radical (unpaired) electrons. The standard InChI is InChI=1S/C20H17N3O2S/c1-11(2)25-19(24)18-9-14-7-13(4-6-17(14)26-18)12-3-5-16-15(8-12)10-22-20(21)23-16/h3-11H,1-2H3,(H2,21,22,23). The van der Waals surface area contributed by atoms with Crippen molar-refractivity contribution in [2.45, 2.75) is 20.0 Å². The van der Waals surface area contributed by atoms with Gasteiger partial charge in [-0.05, 0) is 60.7 Å². The number of rotatable bonds is 3. The zero-order valence-corrected chi connectivity index (χ0v) is 15.2. The highest BCUT2D eigenvalue weighted by molar-refractivity contribution is 7.20. The zero-order valence-electron chi connectivity index (χ0n) is 14.4. The van der Waals surface area contributed by atoms with Gasteiger partial charge >= 0.3 is 5.97 Å². The van der Waals surface area contributed by atoms with Crippen LogP contribution in [0.15, 0.2) is 48.7 Å². The maximum absolute atomic E-state index is 12.1. The lowest BCUT2D eigenvalue weighted by atomic mass is 10.0. The normalized spacial score (nSPS) is 11.3. The van der Waals surface area contributed by atoms with E-state index >= 15 is 0 Å². The van der Waals surface area contributed by atoms with Gasteiger partial charge in [-0.25, -0.2) is 14.8 Å². The predicted molar refractivity (Wildman–Crippen MR) is 105 cm³/mol. The summed E-state index contributed by atoms with van der Waals surface area (Å²) in [4.78, 5) is 21.0. The highest BCUT2D eigenvalue weighted by Gasteiger charge is 2.13. The van der Waals surface area contributed by atoms with Crippen molar-refractivity contribution in [1.29, 1.82) is 0 Å². The average Bonchev–Trinajstić information content (AvgIpc) is 3.04. The van der Waals surface area contributed by atoms with Gasteiger partial charge in [0, 0.05) is 16.3 Å². The molecular formula is C20H17N3O2S. The Hall–Kier alpha value is -2.99. The van der Waals surface area contributed by atoms with Crippen LogP contribution in [-0.4, -0.2) is 22.0 Å². The third-order valence-corrected chi connectivity index (χ3v) is 5.09. The number of carbonyl (C=O) groups excluding carboxylic acids is 1. The summed E-state index contributed by atoms with van der Waals surface area (Å²) in [6, 6.07) is 14.0. The summed E-state index contributed by atoms with van der Waals surface area (Å²) in [5, 5.41) is 1.96. The summed E-state index contributed by atoms with van der Waals surface area (Å²) < 4.78 is 6.34. The molecule has 5 nitrogen and oxygen atoms in total. The van der Waals surface area contributed by atoms with E-state index in [1.54, 1.807) is 6.20 Å². The molecule has 26 heavy (non-hydrogen) atoms. The molecule has 0 unspecified atom stereocenters. The number of hydrogen-bond acceptors (Lipinski definition) is 6. The zero-order chi connectivity index (χ0) is 18.3. The van der Waals surface area contributed by atoms with Gasteiger partial charge in [-0.2, -0.15) is 0 Å². The molecule has 0 aliphatic rings. The first kappa shape index (κ1) is 16.5. The number of aromatic nitrogens is 2. The van der Waals surface area contributed by atoms with Crippen LogP contribution in [0.2, 0.25) is 0 Å². The van der Waals surface area contributed by atoms with Gasteiger partial charge in [0.05, 0.1) is 11.6 Å². The Morgan fingerprint density at radius 2 is 1.81 bits per heavy atom. The van der Waals surface area contributed by atoms with Crippen LogP contribution in [0.3, 0.4) is 0 Å². The number of hydrogen-bond donors (Lipinski definition) is 1. The second kappa shape index (κ2) is 6.38. The molecule has 2 aromatic heterocycles. The highest BCUT2D eigenvalue weighted by Crippen LogP contribution is 2.31. The SMILES string of the molecule is CC(C)OC(=O)c1cc2cc(-c3ccc4nc(N)ncc4c3)ccc2s1. The van der Waals surface area contributed by atoms with Gasteiger partial charge in [0.15, 0.2) is 0 Å². The summed E-state index contributed by atoms with van der Waals surface area (Å²) in [6.45, 7) is 3.70. The lowest BCUT2D eigenvalue weighted by molar-refractivity contribution is 0.0384. The third-order valence-electron chi connectivity index (χ3n) is 3.99. The molecule has 0 amide bonds. The fourth-order valence-electron chi connectivity index (χ4n) is 2.82. The van der Waals surface area contributed by atoms with E-state index in [4.69, 9.17) is 10.5 Å². The minimum atomic E-state index is -0.275. The van der Waals surface area contributed by atoms with Crippen LogP contribution < -0.4 is 5.73 Å². The van der Waals surface area contributed by atoms with E-state index < -0.39 is 0 Å². The van der Waals surface area contributed by atoms with Gasteiger partial charge in [0.25, 0.3) is 0 Å². The lowest BCUT2D eigenvalue weighted by Crippen LogP contribution is -2.09. The van der Waals surface area contributed by atoms with Crippen LogP contribution in [0.1, 0.15) is 23.5 Å². The van der Waals surface area contributed by atoms with Gasteiger partial charge in [-0.1, -0.05) is 12.1 Å². The van der Waals surface area contributed by atoms with Gasteiger partial charge in [0.1, 0.15) is 4.88 Å². The van der Waals surface area contributed by atoms with Crippen molar-refractivity contribution < 1.29 is 9.53 Å². The van der Waals surface area contributed by atoms with Crippen molar-refractivity contribution in [3.8, 4) is 11.1 Å². The summed E-state index contributed by atoms with van der Waals surface area (Å²) >= 11 is 1.45. The Labute approximate surface area is 154 Å². The quantitative estimate of drug-likeness (QED) is 0.536. The van der Waals surface area contributed by atoms with Gasteiger partial charge < -0.3 is 10.5 Å². The van der Waals surface area contributed by atoms with Crippen LogP contribution in [0.4, 0.5) is 5.95 Å². The van der Waals surface area contributed by atoms with Gasteiger partial charge in [-0.3, -0.25) is 0 Å². The van der Waals surface area contributed by atoms with E-state index in [0.717, 1.165) is 32.1 Å². The molecule has 2 aromatic carbocycles. The van der Waals surface area contributed by atoms with Crippen LogP contribution in [0.25, 0.3) is 32.1 Å². The molecule has 2 heterocycles. The topological polar surface area (TPSA) is 78.1 Å². The summed E-state index contributed by atoms with van der Waals surface area (Å²) in [7, 11) is 0. The molecule has 0 atom stereocenters. The number of nitrogens with two attached hydrogens (primary N) is 1. The monoisotopic (exact) mass is 363 g/mol. The van der Waals surface area contributed by atoms with E-state index in [0.29, 0.717) is 4.88 Å². The van der Waals surface area contributed by atoms with Crippen molar-refractivity contribution >= 4 is 44.2 Å². The molecule has 130 valence electrons. The van der Waals surface area contributed by atoms with Crippen molar-refractivity contribution in [3.05, 3.63) is 53.5 Å². The average molecular weight is 363 g/mol. The van der Waals surface area contributed by atoms with E-state index in [9.17, 15) is 4.79 Å². The number of ether oxygens (including phenoxy) is 1. The Balaban J connectivity index is 1.73. The van der Waals surface area contributed by atoms with Crippen LogP contribution in [0.5, 0.6) is 0 Å². The fourth-order valence-corrected chi connectivity index (χ4v) is 3.75. The predicted octanol–water partition coefficient (Wildman–Crippen LogP) is 4.66. The largest absolute Gasteiger partial charge is 0.459 e. The molecular weight excluding hydrogens is 346 g/mol. The number of carbonyl (C=O) groups is 1. The molecule has 0 bridgehead atoms. The first-order valence-corrected chi connectivity index (χ1v) is 9.08. The second-order valence-corrected chi connectivity index (χ2v) is 7.40. The Bertz CT molecular complexity index is 1130. The van der Waals surface area contributed by atoms with Crippen LogP contribution in [-0.2, 0) is 4.74 Å². The minimum absolute atomic E-state index is 0.128. The number of thiophene rings is 1. The van der Waals surface area contributed by atoms with E-state index in [1.165, 1.54) is 11.3 Å². The van der Waals surface area contributed by atoms with Crippen molar-refractivity contribution in [2.75, 3.05) is 5.73 Å². The molecule has 4 rings (SSSR count). The minimum Gasteiger partial charge on any atom is -0.459 e. The number of nitrogens with zero attached hydrogens (tertiary/aromatic N) is 2. The van der Waals surface area contributed by atoms with Crippen molar-refractivity contribution in [2.24, 2.45) is 0 Å². The molecule has 0 saturated heterocycles. The van der Waals surface area contributed by atoms with Gasteiger partial charge in [0.2, 0.25) is 5.95 Å². The molecule has 4 aromatic rings. The maximum Gasteiger partial charge on any atom is 0.348 e. The van der Waals surface area contributed by atoms with E-state index in [-0.39, 0.29) is 18.0 Å². The number of nitrogen functional groups attached to an aromatic ring is 1. The van der Waals surface area contributed by atoms with Crippen molar-refractivity contribution in [3.63, 3.8) is 0 Å². The highest BCUT2D eigenvalue weighted by atomic mass is 32.1. The molecule has 0 saturated carbocycles. The second-order valence-electron chi connectivity index (χ2n) is 6.32. The molecule has 0 spiro atoms. The lowest BCUT2D eigenvalue weighted by Gasteiger charge is -2.05. The maximum atomic E-state index is 12.1. The Morgan fingerprint density at radius 1 is 1.08 bits per heavy atom. The molecule has 0 aliphatic heterocycles. The van der Waals surface area contributed by atoms with Crippen LogP contribution >= 0.6 is 11.3 Å². The van der Waals surface area contributed by atoms with Gasteiger partial charge in [-0.15, -0.1) is 11.3 Å². The molecule has 6 heteroatoms. The number of anilines is 1. The summed E-state index contributed by atoms with van der Waals surface area (Å²) in [6.07, 6.45) is 1.60. The van der Waals surface area contributed by atoms with E-state index in [2.05, 4.69) is 22.1 Å². The van der Waals surface area contributed by atoms with Crippen LogP contribution in [0, 0.1) is 0 Å². The number of fused-ring (bicyclic) bond motifs is 2. The summed E-state index contributed by atoms with van der Waals surface area (Å²) in [5.41, 5.74) is 8.58. The first-order valence-electron chi connectivity index (χ1n) is 8.27. The van der Waals surface area contributed by atoms with E-state index in [1.807, 2.05) is 44.2 Å². The molecule has 0 aliphatic carbocycles. The third kappa shape index (κ3) is 3.11. The number of esters is 1.